The van der Waals surface area contributed by atoms with Gasteiger partial charge in [-0.3, -0.25) is 4.79 Å². The molecule has 0 bridgehead atoms. The second-order valence-electron chi connectivity index (χ2n) is 5.90. The first-order valence-corrected chi connectivity index (χ1v) is 8.35. The van der Waals surface area contributed by atoms with Gasteiger partial charge in [-0.2, -0.15) is 0 Å². The topological polar surface area (TPSA) is 45.2 Å². The molecule has 22 heavy (non-hydrogen) atoms. The summed E-state index contributed by atoms with van der Waals surface area (Å²) in [6.07, 6.45) is 9.85. The summed E-state index contributed by atoms with van der Waals surface area (Å²) in [4.78, 5) is 18.8. The first kappa shape index (κ1) is 16.5. The average molecular weight is 301 g/mol. The molecular formula is C18H27N3O. The molecule has 1 fully saturated rings. The zero-order chi connectivity index (χ0) is 15.8. The van der Waals surface area contributed by atoms with Crippen molar-refractivity contribution in [2.45, 2.75) is 52.5 Å². The molecule has 0 atom stereocenters. The maximum absolute atomic E-state index is 11.9. The van der Waals surface area contributed by atoms with Gasteiger partial charge in [0.25, 0.3) is 0 Å². The fraction of sp³-hybridized carbons (Fsp3) is 0.556. The smallest absolute Gasteiger partial charge is 0.246 e. The van der Waals surface area contributed by atoms with E-state index in [-0.39, 0.29) is 5.91 Å². The van der Waals surface area contributed by atoms with E-state index in [0.29, 0.717) is 6.54 Å². The summed E-state index contributed by atoms with van der Waals surface area (Å²) in [7, 11) is 0. The molecule has 1 aromatic heterocycles. The lowest BCUT2D eigenvalue weighted by molar-refractivity contribution is -0.117. The van der Waals surface area contributed by atoms with Gasteiger partial charge in [0.1, 0.15) is 5.82 Å². The largest absolute Gasteiger partial charge is 0.357 e. The third-order valence-electron chi connectivity index (χ3n) is 4.06. The Morgan fingerprint density at radius 2 is 2.00 bits per heavy atom. The summed E-state index contributed by atoms with van der Waals surface area (Å²) in [5.41, 5.74) is 1.81. The number of rotatable bonds is 5. The van der Waals surface area contributed by atoms with Crippen molar-refractivity contribution in [3.8, 4) is 0 Å². The van der Waals surface area contributed by atoms with Crippen LogP contribution in [0.5, 0.6) is 0 Å². The van der Waals surface area contributed by atoms with Gasteiger partial charge in [-0.25, -0.2) is 4.98 Å². The van der Waals surface area contributed by atoms with E-state index in [1.807, 2.05) is 26.1 Å². The SMILES string of the molecule is CC/C=C(/C)C(=O)NCc1ccc(N2CCCCCC2)nc1. The van der Waals surface area contributed by atoms with E-state index in [1.165, 1.54) is 25.7 Å². The molecule has 0 saturated carbocycles. The number of hydrogen-bond acceptors (Lipinski definition) is 3. The molecule has 4 nitrogen and oxygen atoms in total. The minimum absolute atomic E-state index is 0.00144. The van der Waals surface area contributed by atoms with Crippen LogP contribution in [-0.4, -0.2) is 24.0 Å². The van der Waals surface area contributed by atoms with Gasteiger partial charge < -0.3 is 10.2 Å². The number of allylic oxidation sites excluding steroid dienone is 1. The van der Waals surface area contributed by atoms with Gasteiger partial charge in [-0.1, -0.05) is 31.9 Å². The van der Waals surface area contributed by atoms with Crippen LogP contribution in [0.1, 0.15) is 51.5 Å². The second-order valence-corrected chi connectivity index (χ2v) is 5.90. The minimum Gasteiger partial charge on any atom is -0.357 e. The van der Waals surface area contributed by atoms with E-state index in [4.69, 9.17) is 0 Å². The molecule has 1 aliphatic rings. The van der Waals surface area contributed by atoms with Gasteiger partial charge in [-0.15, -0.1) is 0 Å². The summed E-state index contributed by atoms with van der Waals surface area (Å²) in [5, 5.41) is 2.93. The van der Waals surface area contributed by atoms with Crippen molar-refractivity contribution in [3.05, 3.63) is 35.5 Å². The number of aromatic nitrogens is 1. The van der Waals surface area contributed by atoms with Gasteiger partial charge in [0, 0.05) is 31.4 Å². The van der Waals surface area contributed by atoms with Crippen molar-refractivity contribution in [1.29, 1.82) is 0 Å². The zero-order valence-electron chi connectivity index (χ0n) is 13.8. The summed E-state index contributed by atoms with van der Waals surface area (Å²) in [5.74, 6) is 1.05. The fourth-order valence-corrected chi connectivity index (χ4v) is 2.73. The van der Waals surface area contributed by atoms with Crippen LogP contribution >= 0.6 is 0 Å². The number of anilines is 1. The second kappa shape index (κ2) is 8.57. The van der Waals surface area contributed by atoms with Gasteiger partial charge in [0.2, 0.25) is 5.91 Å². The molecule has 1 aliphatic heterocycles. The molecule has 0 radical (unpaired) electrons. The highest BCUT2D eigenvalue weighted by Crippen LogP contribution is 2.17. The molecule has 1 N–H and O–H groups in total. The van der Waals surface area contributed by atoms with E-state index in [9.17, 15) is 4.79 Å². The highest BCUT2D eigenvalue weighted by atomic mass is 16.1. The molecule has 0 spiro atoms. The number of hydrogen-bond donors (Lipinski definition) is 1. The van der Waals surface area contributed by atoms with E-state index >= 15 is 0 Å². The third kappa shape index (κ3) is 4.86. The molecule has 2 rings (SSSR count). The number of nitrogens with zero attached hydrogens (tertiary/aromatic N) is 2. The Morgan fingerprint density at radius 3 is 2.59 bits per heavy atom. The van der Waals surface area contributed by atoms with Crippen molar-refractivity contribution in [3.63, 3.8) is 0 Å². The maximum atomic E-state index is 11.9. The maximum Gasteiger partial charge on any atom is 0.246 e. The van der Waals surface area contributed by atoms with Crippen LogP contribution in [0.15, 0.2) is 30.0 Å². The summed E-state index contributed by atoms with van der Waals surface area (Å²) < 4.78 is 0. The summed E-state index contributed by atoms with van der Waals surface area (Å²) in [6, 6.07) is 4.13. The number of carbonyl (C=O) groups is 1. The molecule has 0 aromatic carbocycles. The first-order valence-electron chi connectivity index (χ1n) is 8.35. The molecule has 0 unspecified atom stereocenters. The van der Waals surface area contributed by atoms with Crippen LogP contribution in [0, 0.1) is 0 Å². The lowest BCUT2D eigenvalue weighted by Crippen LogP contribution is -2.25. The van der Waals surface area contributed by atoms with Crippen LogP contribution in [0.25, 0.3) is 0 Å². The first-order chi connectivity index (χ1) is 10.7. The van der Waals surface area contributed by atoms with Crippen molar-refractivity contribution in [2.75, 3.05) is 18.0 Å². The van der Waals surface area contributed by atoms with E-state index in [2.05, 4.69) is 27.3 Å². The third-order valence-corrected chi connectivity index (χ3v) is 4.06. The fourth-order valence-electron chi connectivity index (χ4n) is 2.73. The van der Waals surface area contributed by atoms with Crippen LogP contribution in [0.4, 0.5) is 5.82 Å². The number of amides is 1. The Labute approximate surface area is 133 Å². The summed E-state index contributed by atoms with van der Waals surface area (Å²) >= 11 is 0. The van der Waals surface area contributed by atoms with Crippen molar-refractivity contribution < 1.29 is 4.79 Å². The highest BCUT2D eigenvalue weighted by molar-refractivity contribution is 5.92. The number of nitrogens with one attached hydrogen (secondary N) is 1. The lowest BCUT2D eigenvalue weighted by Gasteiger charge is -2.21. The van der Waals surface area contributed by atoms with E-state index < -0.39 is 0 Å². The molecule has 0 aliphatic carbocycles. The Morgan fingerprint density at radius 1 is 1.27 bits per heavy atom. The molecule has 1 amide bonds. The summed E-state index contributed by atoms with van der Waals surface area (Å²) in [6.45, 7) is 6.61. The predicted molar refractivity (Wildman–Crippen MR) is 90.8 cm³/mol. The van der Waals surface area contributed by atoms with Crippen LogP contribution in [0.2, 0.25) is 0 Å². The van der Waals surface area contributed by atoms with Crippen LogP contribution in [0.3, 0.4) is 0 Å². The minimum atomic E-state index is -0.00144. The molecule has 1 aromatic rings. The van der Waals surface area contributed by atoms with Crippen molar-refractivity contribution in [1.82, 2.24) is 10.3 Å². The van der Waals surface area contributed by atoms with Crippen LogP contribution < -0.4 is 10.2 Å². The Bertz CT molecular complexity index is 500. The van der Waals surface area contributed by atoms with E-state index in [0.717, 1.165) is 36.5 Å². The lowest BCUT2D eigenvalue weighted by atomic mass is 10.2. The van der Waals surface area contributed by atoms with Crippen molar-refractivity contribution >= 4 is 11.7 Å². The Hall–Kier alpha value is -1.84. The highest BCUT2D eigenvalue weighted by Gasteiger charge is 2.11. The molecule has 4 heteroatoms. The monoisotopic (exact) mass is 301 g/mol. The van der Waals surface area contributed by atoms with Gasteiger partial charge in [0.15, 0.2) is 0 Å². The zero-order valence-corrected chi connectivity index (χ0v) is 13.8. The standard InChI is InChI=1S/C18H27N3O/c1-3-8-15(2)18(22)20-14-16-9-10-17(19-13-16)21-11-6-4-5-7-12-21/h8-10,13H,3-7,11-12,14H2,1-2H3,(H,20,22)/b15-8-. The van der Waals surface area contributed by atoms with Gasteiger partial charge in [-0.05, 0) is 37.8 Å². The Balaban J connectivity index is 1.89. The van der Waals surface area contributed by atoms with Crippen LogP contribution in [-0.2, 0) is 11.3 Å². The number of carbonyl (C=O) groups excluding carboxylic acids is 1. The average Bonchev–Trinajstić information content (AvgIpc) is 2.82. The normalized spacial score (nSPS) is 16.3. The molecular weight excluding hydrogens is 274 g/mol. The van der Waals surface area contributed by atoms with E-state index in [1.54, 1.807) is 0 Å². The quantitative estimate of drug-likeness (QED) is 0.847. The van der Waals surface area contributed by atoms with Crippen molar-refractivity contribution in [2.24, 2.45) is 0 Å². The molecule has 2 heterocycles. The molecule has 1 saturated heterocycles. The Kier molecular flexibility index (Phi) is 6.44. The number of pyridine rings is 1. The molecule has 120 valence electrons. The predicted octanol–water partition coefficient (Wildman–Crippen LogP) is 3.43. The van der Waals surface area contributed by atoms with Gasteiger partial charge >= 0.3 is 0 Å². The van der Waals surface area contributed by atoms with Gasteiger partial charge in [0.05, 0.1) is 0 Å².